The lowest BCUT2D eigenvalue weighted by molar-refractivity contribution is 0.0945. The van der Waals surface area contributed by atoms with E-state index < -0.39 is 5.92 Å². The number of Topliss-reactive ketones (excluding diaryl/α,β-unsaturated/α-hetero) is 1. The summed E-state index contributed by atoms with van der Waals surface area (Å²) in [6, 6.07) is 7.61. The second-order valence-corrected chi connectivity index (χ2v) is 3.92. The van der Waals surface area contributed by atoms with Crippen molar-refractivity contribution in [1.82, 2.24) is 9.61 Å². The fourth-order valence-electron chi connectivity index (χ4n) is 1.86. The van der Waals surface area contributed by atoms with Crippen LogP contribution >= 0.6 is 0 Å². The highest BCUT2D eigenvalue weighted by atomic mass is 16.1. The Balaban J connectivity index is 2.40. The summed E-state index contributed by atoms with van der Waals surface area (Å²) in [7, 11) is 0. The van der Waals surface area contributed by atoms with Gasteiger partial charge in [0.2, 0.25) is 0 Å². The lowest BCUT2D eigenvalue weighted by Gasteiger charge is -2.04. The first-order chi connectivity index (χ1) is 8.27. The minimum Gasteiger partial charge on any atom is -0.293 e. The molecule has 2 heterocycles. The van der Waals surface area contributed by atoms with Crippen LogP contribution in [0.3, 0.4) is 0 Å². The maximum Gasteiger partial charge on any atom is 0.183 e. The van der Waals surface area contributed by atoms with Crippen molar-refractivity contribution >= 4 is 11.3 Å². The van der Waals surface area contributed by atoms with E-state index in [4.69, 9.17) is 5.26 Å². The maximum atomic E-state index is 12.2. The van der Waals surface area contributed by atoms with Crippen LogP contribution in [0.5, 0.6) is 0 Å². The first-order valence-electron chi connectivity index (χ1n) is 5.64. The first-order valence-corrected chi connectivity index (χ1v) is 5.64. The minimum absolute atomic E-state index is 0.129. The first kappa shape index (κ1) is 11.3. The number of rotatable bonds is 4. The lowest BCUT2D eigenvalue weighted by Crippen LogP contribution is -2.12. The summed E-state index contributed by atoms with van der Waals surface area (Å²) in [6.07, 6.45) is 4.74. The van der Waals surface area contributed by atoms with E-state index in [-0.39, 0.29) is 5.78 Å². The van der Waals surface area contributed by atoms with E-state index in [1.165, 1.54) is 6.20 Å². The highest BCUT2D eigenvalue weighted by Crippen LogP contribution is 2.17. The minimum atomic E-state index is -0.562. The zero-order valence-electron chi connectivity index (χ0n) is 9.63. The van der Waals surface area contributed by atoms with Crippen LogP contribution in [-0.2, 0) is 0 Å². The van der Waals surface area contributed by atoms with Gasteiger partial charge in [0.25, 0.3) is 0 Å². The molecule has 4 nitrogen and oxygen atoms in total. The molecule has 0 radical (unpaired) electrons. The fourth-order valence-corrected chi connectivity index (χ4v) is 1.86. The van der Waals surface area contributed by atoms with Crippen molar-refractivity contribution in [2.75, 3.05) is 0 Å². The van der Waals surface area contributed by atoms with Crippen molar-refractivity contribution < 1.29 is 4.79 Å². The second kappa shape index (κ2) is 4.79. The van der Waals surface area contributed by atoms with Gasteiger partial charge >= 0.3 is 0 Å². The Labute approximate surface area is 99.5 Å². The van der Waals surface area contributed by atoms with Gasteiger partial charge in [-0.3, -0.25) is 4.79 Å². The molecule has 1 unspecified atom stereocenters. The maximum absolute atomic E-state index is 12.2. The van der Waals surface area contributed by atoms with Crippen molar-refractivity contribution in [3.05, 3.63) is 36.2 Å². The Morgan fingerprint density at radius 1 is 1.59 bits per heavy atom. The van der Waals surface area contributed by atoms with E-state index >= 15 is 0 Å². The van der Waals surface area contributed by atoms with Crippen LogP contribution in [0.4, 0.5) is 0 Å². The van der Waals surface area contributed by atoms with Crippen LogP contribution in [-0.4, -0.2) is 15.4 Å². The van der Waals surface area contributed by atoms with Crippen LogP contribution in [0, 0.1) is 17.2 Å². The average molecular weight is 227 g/mol. The SMILES string of the molecule is CCCC(C#N)C(=O)c1cnn2ccccc12. The van der Waals surface area contributed by atoms with Gasteiger partial charge in [0.1, 0.15) is 5.92 Å². The Kier molecular flexibility index (Phi) is 3.20. The van der Waals surface area contributed by atoms with E-state index in [1.54, 1.807) is 10.7 Å². The monoisotopic (exact) mass is 227 g/mol. The van der Waals surface area contributed by atoms with Gasteiger partial charge in [-0.1, -0.05) is 19.4 Å². The average Bonchev–Trinajstić information content (AvgIpc) is 2.79. The van der Waals surface area contributed by atoms with Crippen LogP contribution in [0.2, 0.25) is 0 Å². The molecule has 0 bridgehead atoms. The quantitative estimate of drug-likeness (QED) is 0.754. The third kappa shape index (κ3) is 2.04. The summed E-state index contributed by atoms with van der Waals surface area (Å²) >= 11 is 0. The van der Waals surface area contributed by atoms with Crippen LogP contribution in [0.15, 0.2) is 30.6 Å². The van der Waals surface area contributed by atoms with E-state index in [0.717, 1.165) is 11.9 Å². The largest absolute Gasteiger partial charge is 0.293 e. The molecule has 17 heavy (non-hydrogen) atoms. The number of nitrogens with zero attached hydrogens (tertiary/aromatic N) is 3. The number of pyridine rings is 1. The van der Waals surface area contributed by atoms with Gasteiger partial charge < -0.3 is 0 Å². The molecule has 0 aliphatic heterocycles. The molecule has 2 aromatic rings. The van der Waals surface area contributed by atoms with Gasteiger partial charge in [-0.2, -0.15) is 10.4 Å². The van der Waals surface area contributed by atoms with Gasteiger partial charge in [0.15, 0.2) is 5.78 Å². The number of fused-ring (bicyclic) bond motifs is 1. The number of carbonyl (C=O) groups is 1. The second-order valence-electron chi connectivity index (χ2n) is 3.92. The van der Waals surface area contributed by atoms with Gasteiger partial charge in [-0.05, 0) is 18.6 Å². The summed E-state index contributed by atoms with van der Waals surface area (Å²) < 4.78 is 1.65. The van der Waals surface area contributed by atoms with Crippen molar-refractivity contribution in [3.8, 4) is 6.07 Å². The molecule has 0 aliphatic rings. The van der Waals surface area contributed by atoms with Crippen LogP contribution in [0.1, 0.15) is 30.1 Å². The lowest BCUT2D eigenvalue weighted by atomic mass is 9.96. The number of aromatic nitrogens is 2. The van der Waals surface area contributed by atoms with E-state index in [1.807, 2.05) is 25.1 Å². The number of ketones is 1. The van der Waals surface area contributed by atoms with Crippen molar-refractivity contribution in [2.24, 2.45) is 5.92 Å². The molecule has 2 aromatic heterocycles. The molecule has 0 N–H and O–H groups in total. The Morgan fingerprint density at radius 2 is 2.41 bits per heavy atom. The van der Waals surface area contributed by atoms with Crippen molar-refractivity contribution in [1.29, 1.82) is 5.26 Å². The molecule has 0 saturated heterocycles. The van der Waals surface area contributed by atoms with E-state index in [9.17, 15) is 4.79 Å². The Hall–Kier alpha value is -2.15. The highest BCUT2D eigenvalue weighted by Gasteiger charge is 2.21. The summed E-state index contributed by atoms with van der Waals surface area (Å²) in [4.78, 5) is 12.2. The fraction of sp³-hybridized carbons (Fsp3) is 0.308. The molecule has 0 spiro atoms. The molecule has 0 saturated carbocycles. The van der Waals surface area contributed by atoms with Gasteiger partial charge in [-0.25, -0.2) is 4.52 Å². The molecule has 0 aromatic carbocycles. The third-order valence-corrected chi connectivity index (χ3v) is 2.74. The summed E-state index contributed by atoms with van der Waals surface area (Å²) in [5.41, 5.74) is 1.29. The predicted octanol–water partition coefficient (Wildman–Crippen LogP) is 2.46. The normalized spacial score (nSPS) is 12.2. The van der Waals surface area contributed by atoms with Gasteiger partial charge in [0.05, 0.1) is 23.3 Å². The molecule has 86 valence electrons. The third-order valence-electron chi connectivity index (χ3n) is 2.74. The number of carbonyl (C=O) groups excluding carboxylic acids is 1. The smallest absolute Gasteiger partial charge is 0.183 e. The molecule has 0 amide bonds. The summed E-state index contributed by atoms with van der Waals surface area (Å²) in [6.45, 7) is 1.97. The van der Waals surface area contributed by atoms with E-state index in [0.29, 0.717) is 12.0 Å². The molecule has 0 fully saturated rings. The zero-order valence-corrected chi connectivity index (χ0v) is 9.63. The number of hydrogen-bond donors (Lipinski definition) is 0. The summed E-state index contributed by atoms with van der Waals surface area (Å²) in [5.74, 6) is -0.691. The summed E-state index contributed by atoms with van der Waals surface area (Å²) in [5, 5.41) is 13.1. The number of hydrogen-bond acceptors (Lipinski definition) is 3. The van der Waals surface area contributed by atoms with Gasteiger partial charge in [0, 0.05) is 6.20 Å². The molecule has 1 atom stereocenters. The number of nitriles is 1. The molecule has 2 rings (SSSR count). The molecular weight excluding hydrogens is 214 g/mol. The Morgan fingerprint density at radius 3 is 3.12 bits per heavy atom. The Bertz CT molecular complexity index is 580. The highest BCUT2D eigenvalue weighted by molar-refractivity contribution is 6.04. The molecule has 4 heteroatoms. The zero-order chi connectivity index (χ0) is 12.3. The van der Waals surface area contributed by atoms with Gasteiger partial charge in [-0.15, -0.1) is 0 Å². The van der Waals surface area contributed by atoms with Crippen molar-refractivity contribution in [3.63, 3.8) is 0 Å². The van der Waals surface area contributed by atoms with E-state index in [2.05, 4.69) is 11.2 Å². The van der Waals surface area contributed by atoms with Crippen molar-refractivity contribution in [2.45, 2.75) is 19.8 Å². The van der Waals surface area contributed by atoms with Crippen LogP contribution in [0.25, 0.3) is 5.52 Å². The molecular formula is C13H13N3O. The topological polar surface area (TPSA) is 58.2 Å². The standard InChI is InChI=1S/C13H13N3O/c1-2-5-10(8-14)13(17)11-9-15-16-7-4-3-6-12(11)16/h3-4,6-7,9-10H,2,5H2,1H3. The molecule has 0 aliphatic carbocycles. The predicted molar refractivity (Wildman–Crippen MR) is 63.5 cm³/mol. The van der Waals surface area contributed by atoms with Crippen LogP contribution < -0.4 is 0 Å².